The van der Waals surface area contributed by atoms with E-state index in [9.17, 15) is 4.79 Å². The van der Waals surface area contributed by atoms with Gasteiger partial charge in [0.05, 0.1) is 13.2 Å². The number of benzene rings is 1. The zero-order valence-corrected chi connectivity index (χ0v) is 10.3. The molecule has 1 fully saturated rings. The van der Waals surface area contributed by atoms with Gasteiger partial charge in [-0.05, 0) is 31.0 Å². The van der Waals surface area contributed by atoms with E-state index in [1.807, 2.05) is 31.2 Å². The van der Waals surface area contributed by atoms with Crippen molar-refractivity contribution in [3.8, 4) is 5.75 Å². The quantitative estimate of drug-likeness (QED) is 0.801. The van der Waals surface area contributed by atoms with Crippen LogP contribution in [0.1, 0.15) is 18.9 Å². The van der Waals surface area contributed by atoms with Crippen LogP contribution in [0, 0.1) is 5.92 Å². The summed E-state index contributed by atoms with van der Waals surface area (Å²) in [6, 6.07) is 7.67. The number of carbonyl (C=O) groups excluding carboxylic acids is 1. The number of Topliss-reactive ketones (excluding diaryl/α,β-unsaturated/α-hetero) is 1. The normalized spacial score (nSPS) is 23.6. The molecule has 1 aliphatic rings. The molecule has 0 aromatic heterocycles. The maximum Gasteiger partial charge on any atom is 0.142 e. The van der Waals surface area contributed by atoms with Gasteiger partial charge in [0.1, 0.15) is 11.5 Å². The van der Waals surface area contributed by atoms with Crippen LogP contribution in [0.25, 0.3) is 0 Å². The third kappa shape index (κ3) is 2.86. The van der Waals surface area contributed by atoms with E-state index in [1.165, 1.54) is 0 Å². The summed E-state index contributed by atoms with van der Waals surface area (Å²) < 4.78 is 10.6. The molecule has 1 saturated heterocycles. The summed E-state index contributed by atoms with van der Waals surface area (Å²) in [5, 5.41) is 0. The SMILES string of the molecule is COc1cccc(CC(=O)C2CCOC2C)c1. The predicted molar refractivity (Wildman–Crippen MR) is 65.2 cm³/mol. The summed E-state index contributed by atoms with van der Waals surface area (Å²) in [6.07, 6.45) is 1.38. The highest BCUT2D eigenvalue weighted by molar-refractivity contribution is 5.84. The molecule has 1 aliphatic heterocycles. The van der Waals surface area contributed by atoms with Crippen LogP contribution in [0.5, 0.6) is 5.75 Å². The van der Waals surface area contributed by atoms with E-state index < -0.39 is 0 Å². The van der Waals surface area contributed by atoms with Gasteiger partial charge in [0, 0.05) is 18.9 Å². The fourth-order valence-electron chi connectivity index (χ4n) is 2.27. The van der Waals surface area contributed by atoms with Crippen LogP contribution in [-0.4, -0.2) is 25.6 Å². The monoisotopic (exact) mass is 234 g/mol. The van der Waals surface area contributed by atoms with Gasteiger partial charge in [-0.2, -0.15) is 0 Å². The molecule has 0 bridgehead atoms. The molecule has 0 spiro atoms. The number of carbonyl (C=O) groups is 1. The topological polar surface area (TPSA) is 35.5 Å². The Labute approximate surface area is 102 Å². The van der Waals surface area contributed by atoms with Crippen LogP contribution < -0.4 is 4.74 Å². The van der Waals surface area contributed by atoms with Crippen molar-refractivity contribution in [2.75, 3.05) is 13.7 Å². The molecule has 3 heteroatoms. The van der Waals surface area contributed by atoms with Gasteiger partial charge in [-0.3, -0.25) is 4.79 Å². The van der Waals surface area contributed by atoms with Crippen LogP contribution in [0.15, 0.2) is 24.3 Å². The second-order valence-electron chi connectivity index (χ2n) is 4.47. The summed E-state index contributed by atoms with van der Waals surface area (Å²) in [7, 11) is 1.63. The number of rotatable bonds is 4. The molecule has 1 heterocycles. The van der Waals surface area contributed by atoms with Crippen molar-refractivity contribution in [2.45, 2.75) is 25.9 Å². The molecule has 0 N–H and O–H groups in total. The molecular weight excluding hydrogens is 216 g/mol. The van der Waals surface area contributed by atoms with E-state index in [2.05, 4.69) is 0 Å². The first-order valence-electron chi connectivity index (χ1n) is 5.98. The van der Waals surface area contributed by atoms with Crippen LogP contribution in [0.4, 0.5) is 0 Å². The highest BCUT2D eigenvalue weighted by Gasteiger charge is 2.30. The molecular formula is C14H18O3. The summed E-state index contributed by atoms with van der Waals surface area (Å²) in [6.45, 7) is 2.68. The summed E-state index contributed by atoms with van der Waals surface area (Å²) in [4.78, 5) is 12.1. The van der Waals surface area contributed by atoms with Crippen molar-refractivity contribution >= 4 is 5.78 Å². The Morgan fingerprint density at radius 3 is 3.00 bits per heavy atom. The molecule has 0 aliphatic carbocycles. The first-order chi connectivity index (χ1) is 8.20. The molecule has 0 amide bonds. The smallest absolute Gasteiger partial charge is 0.142 e. The molecule has 1 aromatic rings. The first kappa shape index (κ1) is 12.1. The Kier molecular flexibility index (Phi) is 3.79. The van der Waals surface area contributed by atoms with Gasteiger partial charge in [0.15, 0.2) is 0 Å². The maximum atomic E-state index is 12.1. The van der Waals surface area contributed by atoms with Gasteiger partial charge >= 0.3 is 0 Å². The minimum atomic E-state index is 0.0567. The van der Waals surface area contributed by atoms with E-state index in [0.717, 1.165) is 17.7 Å². The molecule has 17 heavy (non-hydrogen) atoms. The van der Waals surface area contributed by atoms with Crippen molar-refractivity contribution in [1.82, 2.24) is 0 Å². The van der Waals surface area contributed by atoms with Crippen molar-refractivity contribution in [3.05, 3.63) is 29.8 Å². The molecule has 92 valence electrons. The third-order valence-electron chi connectivity index (χ3n) is 3.30. The Morgan fingerprint density at radius 1 is 1.53 bits per heavy atom. The average molecular weight is 234 g/mol. The highest BCUT2D eigenvalue weighted by atomic mass is 16.5. The number of methoxy groups -OCH3 is 1. The Morgan fingerprint density at radius 2 is 2.35 bits per heavy atom. The van der Waals surface area contributed by atoms with Gasteiger partial charge in [0.2, 0.25) is 0 Å². The minimum absolute atomic E-state index is 0.0567. The molecule has 1 aromatic carbocycles. The lowest BCUT2D eigenvalue weighted by molar-refractivity contribution is -0.123. The van der Waals surface area contributed by atoms with Crippen molar-refractivity contribution in [3.63, 3.8) is 0 Å². The minimum Gasteiger partial charge on any atom is -0.497 e. The van der Waals surface area contributed by atoms with Gasteiger partial charge in [-0.15, -0.1) is 0 Å². The maximum absolute atomic E-state index is 12.1. The highest BCUT2D eigenvalue weighted by Crippen LogP contribution is 2.23. The molecule has 2 unspecified atom stereocenters. The summed E-state index contributed by atoms with van der Waals surface area (Å²) in [5.74, 6) is 1.12. The molecule has 0 radical (unpaired) electrons. The Hall–Kier alpha value is -1.35. The second kappa shape index (κ2) is 5.32. The van der Waals surface area contributed by atoms with Gasteiger partial charge in [-0.25, -0.2) is 0 Å². The number of ether oxygens (including phenoxy) is 2. The summed E-state index contributed by atoms with van der Waals surface area (Å²) in [5.41, 5.74) is 1.01. The van der Waals surface area contributed by atoms with Gasteiger partial charge < -0.3 is 9.47 Å². The van der Waals surface area contributed by atoms with Crippen molar-refractivity contribution in [2.24, 2.45) is 5.92 Å². The van der Waals surface area contributed by atoms with E-state index in [0.29, 0.717) is 13.0 Å². The number of ketones is 1. The number of hydrogen-bond acceptors (Lipinski definition) is 3. The molecule has 2 atom stereocenters. The lowest BCUT2D eigenvalue weighted by Crippen LogP contribution is -2.23. The Balaban J connectivity index is 2.02. The zero-order chi connectivity index (χ0) is 12.3. The first-order valence-corrected chi connectivity index (χ1v) is 5.98. The summed E-state index contributed by atoms with van der Waals surface area (Å²) >= 11 is 0. The van der Waals surface area contributed by atoms with Crippen LogP contribution in [-0.2, 0) is 16.0 Å². The molecule has 0 saturated carbocycles. The Bertz CT molecular complexity index is 400. The van der Waals surface area contributed by atoms with Crippen LogP contribution in [0.3, 0.4) is 0 Å². The van der Waals surface area contributed by atoms with Crippen LogP contribution in [0.2, 0.25) is 0 Å². The van der Waals surface area contributed by atoms with E-state index >= 15 is 0 Å². The van der Waals surface area contributed by atoms with E-state index in [1.54, 1.807) is 7.11 Å². The van der Waals surface area contributed by atoms with Crippen LogP contribution >= 0.6 is 0 Å². The molecule has 3 nitrogen and oxygen atoms in total. The fraction of sp³-hybridized carbons (Fsp3) is 0.500. The van der Waals surface area contributed by atoms with Gasteiger partial charge in [0.25, 0.3) is 0 Å². The lowest BCUT2D eigenvalue weighted by atomic mass is 9.93. The van der Waals surface area contributed by atoms with E-state index in [4.69, 9.17) is 9.47 Å². The standard InChI is InChI=1S/C14H18O3/c1-10-13(6-7-17-10)14(15)9-11-4-3-5-12(8-11)16-2/h3-5,8,10,13H,6-7,9H2,1-2H3. The molecule has 2 rings (SSSR count). The third-order valence-corrected chi connectivity index (χ3v) is 3.30. The average Bonchev–Trinajstić information content (AvgIpc) is 2.76. The lowest BCUT2D eigenvalue weighted by Gasteiger charge is -2.12. The van der Waals surface area contributed by atoms with E-state index in [-0.39, 0.29) is 17.8 Å². The van der Waals surface area contributed by atoms with Crippen molar-refractivity contribution in [1.29, 1.82) is 0 Å². The van der Waals surface area contributed by atoms with Crippen molar-refractivity contribution < 1.29 is 14.3 Å². The van der Waals surface area contributed by atoms with Gasteiger partial charge in [-0.1, -0.05) is 12.1 Å². The zero-order valence-electron chi connectivity index (χ0n) is 10.3. The predicted octanol–water partition coefficient (Wildman–Crippen LogP) is 2.23. The largest absolute Gasteiger partial charge is 0.497 e. The number of hydrogen-bond donors (Lipinski definition) is 0. The fourth-order valence-corrected chi connectivity index (χ4v) is 2.27. The second-order valence-corrected chi connectivity index (χ2v) is 4.47.